The average molecular weight is 290 g/mol. The fourth-order valence-electron chi connectivity index (χ4n) is 3.21. The first-order chi connectivity index (χ1) is 10.0. The van der Waals surface area contributed by atoms with E-state index >= 15 is 0 Å². The molecular formula is C17H30N4. The van der Waals surface area contributed by atoms with Gasteiger partial charge in [-0.1, -0.05) is 33.6 Å². The highest BCUT2D eigenvalue weighted by atomic mass is 15.2. The summed E-state index contributed by atoms with van der Waals surface area (Å²) in [7, 11) is 2.19. The van der Waals surface area contributed by atoms with Crippen molar-refractivity contribution in [2.45, 2.75) is 65.3 Å². The zero-order chi connectivity index (χ0) is 15.4. The van der Waals surface area contributed by atoms with Gasteiger partial charge >= 0.3 is 0 Å². The van der Waals surface area contributed by atoms with Crippen LogP contribution in [0.25, 0.3) is 0 Å². The lowest BCUT2D eigenvalue weighted by molar-refractivity contribution is 0.320. The molecule has 1 aromatic rings. The van der Waals surface area contributed by atoms with Crippen molar-refractivity contribution in [3.63, 3.8) is 0 Å². The SMILES string of the molecule is CCNc1cc(N(C)C2CCCCC2C)nc(C(C)C)n1. The number of anilines is 2. The molecule has 21 heavy (non-hydrogen) atoms. The van der Waals surface area contributed by atoms with Crippen LogP contribution in [0.2, 0.25) is 0 Å². The minimum absolute atomic E-state index is 0.347. The summed E-state index contributed by atoms with van der Waals surface area (Å²) in [5.41, 5.74) is 0. The molecule has 118 valence electrons. The molecule has 4 nitrogen and oxygen atoms in total. The molecule has 4 heteroatoms. The molecule has 0 spiro atoms. The van der Waals surface area contributed by atoms with Crippen LogP contribution in [-0.2, 0) is 0 Å². The lowest BCUT2D eigenvalue weighted by Gasteiger charge is -2.37. The fourth-order valence-corrected chi connectivity index (χ4v) is 3.21. The lowest BCUT2D eigenvalue weighted by Crippen LogP contribution is -2.39. The number of nitrogens with zero attached hydrogens (tertiary/aromatic N) is 3. The first-order valence-electron chi connectivity index (χ1n) is 8.38. The van der Waals surface area contributed by atoms with Crippen molar-refractivity contribution >= 4 is 11.6 Å². The highest BCUT2D eigenvalue weighted by molar-refractivity contribution is 5.50. The monoisotopic (exact) mass is 290 g/mol. The van der Waals surface area contributed by atoms with Crippen molar-refractivity contribution in [1.82, 2.24) is 9.97 Å². The fraction of sp³-hybridized carbons (Fsp3) is 0.765. The summed E-state index contributed by atoms with van der Waals surface area (Å²) < 4.78 is 0. The standard InChI is InChI=1S/C17H30N4/c1-6-18-15-11-16(20-17(19-15)12(2)3)21(5)14-10-8-7-9-13(14)4/h11-14H,6-10H2,1-5H3,(H,18,19,20). The van der Waals surface area contributed by atoms with Gasteiger partial charge in [-0.25, -0.2) is 9.97 Å². The van der Waals surface area contributed by atoms with Gasteiger partial charge < -0.3 is 10.2 Å². The number of rotatable bonds is 5. The molecule has 1 aliphatic carbocycles. The molecule has 1 heterocycles. The Balaban J connectivity index is 2.27. The van der Waals surface area contributed by atoms with Gasteiger partial charge in [0.15, 0.2) is 0 Å². The summed E-state index contributed by atoms with van der Waals surface area (Å²) in [6.45, 7) is 9.66. The van der Waals surface area contributed by atoms with Gasteiger partial charge in [0.1, 0.15) is 17.5 Å². The molecule has 1 aromatic heterocycles. The normalized spacial score (nSPS) is 22.4. The van der Waals surface area contributed by atoms with E-state index in [2.05, 4.69) is 56.0 Å². The zero-order valence-corrected chi connectivity index (χ0v) is 14.2. The molecule has 0 aliphatic heterocycles. The Morgan fingerprint density at radius 3 is 2.62 bits per heavy atom. The molecule has 0 amide bonds. The molecule has 1 fully saturated rings. The van der Waals surface area contributed by atoms with Gasteiger partial charge in [0.05, 0.1) is 0 Å². The first-order valence-corrected chi connectivity index (χ1v) is 8.38. The van der Waals surface area contributed by atoms with E-state index in [1.54, 1.807) is 0 Å². The molecule has 1 saturated carbocycles. The van der Waals surface area contributed by atoms with E-state index in [-0.39, 0.29) is 0 Å². The van der Waals surface area contributed by atoms with Crippen LogP contribution in [0, 0.1) is 5.92 Å². The Labute approximate surface area is 129 Å². The molecule has 2 rings (SSSR count). The van der Waals surface area contributed by atoms with Crippen LogP contribution in [0.3, 0.4) is 0 Å². The van der Waals surface area contributed by atoms with Crippen LogP contribution in [-0.4, -0.2) is 29.6 Å². The van der Waals surface area contributed by atoms with Gasteiger partial charge in [-0.3, -0.25) is 0 Å². The van der Waals surface area contributed by atoms with Crippen LogP contribution >= 0.6 is 0 Å². The molecule has 0 aromatic carbocycles. The number of nitrogens with one attached hydrogen (secondary N) is 1. The molecule has 1 N–H and O–H groups in total. The lowest BCUT2D eigenvalue weighted by atomic mass is 9.85. The maximum Gasteiger partial charge on any atom is 0.135 e. The second kappa shape index (κ2) is 7.10. The molecule has 1 aliphatic rings. The highest BCUT2D eigenvalue weighted by Crippen LogP contribution is 2.30. The Bertz CT molecular complexity index is 458. The quantitative estimate of drug-likeness (QED) is 0.888. The second-order valence-corrected chi connectivity index (χ2v) is 6.59. The first kappa shape index (κ1) is 16.1. The Kier molecular flexibility index (Phi) is 5.43. The third-order valence-electron chi connectivity index (χ3n) is 4.53. The van der Waals surface area contributed by atoms with Crippen molar-refractivity contribution in [1.29, 1.82) is 0 Å². The Hall–Kier alpha value is -1.32. The van der Waals surface area contributed by atoms with Gasteiger partial charge in [-0.2, -0.15) is 0 Å². The maximum atomic E-state index is 4.80. The van der Waals surface area contributed by atoms with Gasteiger partial charge in [-0.15, -0.1) is 0 Å². The van der Waals surface area contributed by atoms with Gasteiger partial charge in [0.2, 0.25) is 0 Å². The van der Waals surface area contributed by atoms with E-state index in [0.29, 0.717) is 12.0 Å². The van der Waals surface area contributed by atoms with E-state index < -0.39 is 0 Å². The largest absolute Gasteiger partial charge is 0.370 e. The maximum absolute atomic E-state index is 4.80. The van der Waals surface area contributed by atoms with E-state index in [4.69, 9.17) is 4.98 Å². The van der Waals surface area contributed by atoms with Crippen molar-refractivity contribution in [2.24, 2.45) is 5.92 Å². The average Bonchev–Trinajstić information content (AvgIpc) is 2.47. The van der Waals surface area contributed by atoms with E-state index in [0.717, 1.165) is 29.9 Å². The van der Waals surface area contributed by atoms with Gasteiger partial charge in [0.25, 0.3) is 0 Å². The third-order valence-corrected chi connectivity index (χ3v) is 4.53. The predicted molar refractivity (Wildman–Crippen MR) is 90.1 cm³/mol. The van der Waals surface area contributed by atoms with Crippen molar-refractivity contribution in [3.05, 3.63) is 11.9 Å². The van der Waals surface area contributed by atoms with Gasteiger partial charge in [0, 0.05) is 31.6 Å². The Morgan fingerprint density at radius 2 is 2.00 bits per heavy atom. The van der Waals surface area contributed by atoms with E-state index in [9.17, 15) is 0 Å². The molecule has 0 saturated heterocycles. The highest BCUT2D eigenvalue weighted by Gasteiger charge is 2.26. The molecular weight excluding hydrogens is 260 g/mol. The number of hydrogen-bond donors (Lipinski definition) is 1. The van der Waals surface area contributed by atoms with Crippen LogP contribution in [0.1, 0.15) is 65.1 Å². The van der Waals surface area contributed by atoms with Crippen molar-refractivity contribution < 1.29 is 0 Å². The molecule has 0 bridgehead atoms. The topological polar surface area (TPSA) is 41.0 Å². The van der Waals surface area contributed by atoms with E-state index in [1.165, 1.54) is 25.7 Å². The van der Waals surface area contributed by atoms with Crippen LogP contribution in [0.5, 0.6) is 0 Å². The Morgan fingerprint density at radius 1 is 1.29 bits per heavy atom. The summed E-state index contributed by atoms with van der Waals surface area (Å²) in [6.07, 6.45) is 5.31. The second-order valence-electron chi connectivity index (χ2n) is 6.59. The summed E-state index contributed by atoms with van der Waals surface area (Å²) in [5.74, 6) is 4.02. The molecule has 2 atom stereocenters. The van der Waals surface area contributed by atoms with Crippen LogP contribution in [0.4, 0.5) is 11.6 Å². The summed E-state index contributed by atoms with van der Waals surface area (Å²) >= 11 is 0. The van der Waals surface area contributed by atoms with Crippen molar-refractivity contribution in [3.8, 4) is 0 Å². The molecule has 2 unspecified atom stereocenters. The minimum Gasteiger partial charge on any atom is -0.370 e. The molecule has 0 radical (unpaired) electrons. The van der Waals surface area contributed by atoms with Crippen molar-refractivity contribution in [2.75, 3.05) is 23.8 Å². The summed E-state index contributed by atoms with van der Waals surface area (Å²) in [5, 5.41) is 3.33. The predicted octanol–water partition coefficient (Wildman–Crippen LogP) is 4.05. The number of aromatic nitrogens is 2. The van der Waals surface area contributed by atoms with Crippen LogP contribution < -0.4 is 10.2 Å². The third kappa shape index (κ3) is 3.86. The smallest absolute Gasteiger partial charge is 0.135 e. The van der Waals surface area contributed by atoms with E-state index in [1.807, 2.05) is 0 Å². The zero-order valence-electron chi connectivity index (χ0n) is 14.2. The summed E-state index contributed by atoms with van der Waals surface area (Å²) in [6, 6.07) is 2.69. The van der Waals surface area contributed by atoms with Crippen LogP contribution in [0.15, 0.2) is 6.07 Å². The van der Waals surface area contributed by atoms with Gasteiger partial charge in [-0.05, 0) is 25.7 Å². The number of hydrogen-bond acceptors (Lipinski definition) is 4. The summed E-state index contributed by atoms with van der Waals surface area (Å²) in [4.78, 5) is 11.8. The minimum atomic E-state index is 0.347.